The van der Waals surface area contributed by atoms with E-state index in [9.17, 15) is 13.2 Å². The van der Waals surface area contributed by atoms with Gasteiger partial charge < -0.3 is 14.8 Å². The molecular weight excluding hydrogens is 452 g/mol. The van der Waals surface area contributed by atoms with Crippen molar-refractivity contribution in [3.05, 3.63) is 82.9 Å². The fourth-order valence-electron chi connectivity index (χ4n) is 3.32. The lowest BCUT2D eigenvalue weighted by Crippen LogP contribution is -2.41. The number of carbonyl (C=O) groups is 1. The number of sulfonamides is 1. The molecule has 0 aromatic heterocycles. The SMILES string of the molecule is Cc1c(Cl)cccc1N(CC(=O)NCc1ccc2c(c1)OCO2)S(=O)(=O)c1ccccc1. The summed E-state index contributed by atoms with van der Waals surface area (Å²) in [4.78, 5) is 12.9. The first kappa shape index (κ1) is 22.0. The van der Waals surface area contributed by atoms with Gasteiger partial charge in [0.2, 0.25) is 12.7 Å². The van der Waals surface area contributed by atoms with E-state index in [1.807, 2.05) is 6.07 Å². The van der Waals surface area contributed by atoms with Crippen LogP contribution in [-0.2, 0) is 21.4 Å². The van der Waals surface area contributed by atoms with E-state index in [1.165, 1.54) is 12.1 Å². The van der Waals surface area contributed by atoms with Crippen LogP contribution in [0.3, 0.4) is 0 Å². The second kappa shape index (κ2) is 9.10. The van der Waals surface area contributed by atoms with Crippen molar-refractivity contribution >= 4 is 33.2 Å². The van der Waals surface area contributed by atoms with E-state index in [2.05, 4.69) is 5.32 Å². The average molecular weight is 473 g/mol. The van der Waals surface area contributed by atoms with Crippen molar-refractivity contribution in [2.24, 2.45) is 0 Å². The summed E-state index contributed by atoms with van der Waals surface area (Å²) in [5, 5.41) is 3.19. The Kier molecular flexibility index (Phi) is 6.25. The predicted octanol–water partition coefficient (Wildman–Crippen LogP) is 3.89. The molecule has 1 aliphatic rings. The summed E-state index contributed by atoms with van der Waals surface area (Å²) < 4.78 is 38.5. The van der Waals surface area contributed by atoms with E-state index in [0.29, 0.717) is 27.8 Å². The minimum Gasteiger partial charge on any atom is -0.454 e. The van der Waals surface area contributed by atoms with E-state index in [1.54, 1.807) is 55.5 Å². The number of rotatable bonds is 7. The summed E-state index contributed by atoms with van der Waals surface area (Å²) in [5.74, 6) is 0.803. The van der Waals surface area contributed by atoms with Crippen molar-refractivity contribution in [2.45, 2.75) is 18.4 Å². The lowest BCUT2D eigenvalue weighted by Gasteiger charge is -2.26. The molecule has 32 heavy (non-hydrogen) atoms. The van der Waals surface area contributed by atoms with Crippen molar-refractivity contribution in [1.29, 1.82) is 0 Å². The van der Waals surface area contributed by atoms with Crippen LogP contribution in [0.4, 0.5) is 5.69 Å². The molecule has 7 nitrogen and oxygen atoms in total. The number of carbonyl (C=O) groups excluding carboxylic acids is 1. The van der Waals surface area contributed by atoms with E-state index in [0.717, 1.165) is 9.87 Å². The fourth-order valence-corrected chi connectivity index (χ4v) is 4.99. The summed E-state index contributed by atoms with van der Waals surface area (Å²) in [6.45, 7) is 1.69. The first-order valence-corrected chi connectivity index (χ1v) is 11.7. The van der Waals surface area contributed by atoms with Gasteiger partial charge in [0.25, 0.3) is 10.0 Å². The quantitative estimate of drug-likeness (QED) is 0.564. The van der Waals surface area contributed by atoms with Gasteiger partial charge in [0, 0.05) is 11.6 Å². The van der Waals surface area contributed by atoms with Gasteiger partial charge in [-0.2, -0.15) is 0 Å². The number of fused-ring (bicyclic) bond motifs is 1. The molecule has 1 N–H and O–H groups in total. The van der Waals surface area contributed by atoms with Crippen molar-refractivity contribution in [3.8, 4) is 11.5 Å². The molecule has 1 aliphatic heterocycles. The molecule has 0 saturated carbocycles. The molecule has 0 spiro atoms. The van der Waals surface area contributed by atoms with E-state index in [-0.39, 0.29) is 18.2 Å². The summed E-state index contributed by atoms with van der Waals surface area (Å²) in [6, 6.07) is 18.3. The van der Waals surface area contributed by atoms with Crippen LogP contribution >= 0.6 is 11.6 Å². The molecule has 3 aromatic rings. The number of nitrogens with zero attached hydrogens (tertiary/aromatic N) is 1. The van der Waals surface area contributed by atoms with Crippen LogP contribution < -0.4 is 19.1 Å². The Bertz CT molecular complexity index is 1250. The fraction of sp³-hybridized carbons (Fsp3) is 0.174. The normalized spacial score (nSPS) is 12.4. The molecule has 0 radical (unpaired) electrons. The van der Waals surface area contributed by atoms with E-state index >= 15 is 0 Å². The number of ether oxygens (including phenoxy) is 2. The third-order valence-electron chi connectivity index (χ3n) is 5.05. The number of hydrogen-bond donors (Lipinski definition) is 1. The monoisotopic (exact) mass is 472 g/mol. The van der Waals surface area contributed by atoms with Gasteiger partial charge in [-0.25, -0.2) is 8.42 Å². The zero-order valence-electron chi connectivity index (χ0n) is 17.2. The molecule has 0 bridgehead atoms. The zero-order valence-corrected chi connectivity index (χ0v) is 18.8. The highest BCUT2D eigenvalue weighted by Crippen LogP contribution is 2.33. The topological polar surface area (TPSA) is 84.9 Å². The average Bonchev–Trinajstić information content (AvgIpc) is 3.26. The highest BCUT2D eigenvalue weighted by atomic mass is 35.5. The second-order valence-electron chi connectivity index (χ2n) is 7.17. The van der Waals surface area contributed by atoms with Gasteiger partial charge in [-0.15, -0.1) is 0 Å². The number of amides is 1. The van der Waals surface area contributed by atoms with Gasteiger partial charge in [-0.1, -0.05) is 41.9 Å². The third-order valence-corrected chi connectivity index (χ3v) is 7.24. The van der Waals surface area contributed by atoms with E-state index < -0.39 is 22.5 Å². The minimum absolute atomic E-state index is 0.0861. The Hall–Kier alpha value is -3.23. The maximum atomic E-state index is 13.4. The van der Waals surface area contributed by atoms with Crippen LogP contribution in [0.25, 0.3) is 0 Å². The molecule has 0 fully saturated rings. The number of anilines is 1. The standard InChI is InChI=1S/C23H21ClN2O5S/c1-16-19(24)8-5-9-20(16)26(32(28,29)18-6-3-2-4-7-18)14-23(27)25-13-17-10-11-21-22(12-17)31-15-30-21/h2-12H,13-15H2,1H3,(H,25,27). The van der Waals surface area contributed by atoms with Gasteiger partial charge in [0.15, 0.2) is 11.5 Å². The molecule has 1 heterocycles. The van der Waals surface area contributed by atoms with Gasteiger partial charge >= 0.3 is 0 Å². The zero-order chi connectivity index (χ0) is 22.7. The van der Waals surface area contributed by atoms with Gasteiger partial charge in [0.05, 0.1) is 10.6 Å². The Morgan fingerprint density at radius 1 is 1.03 bits per heavy atom. The van der Waals surface area contributed by atoms with Crippen LogP contribution in [0.2, 0.25) is 5.02 Å². The number of benzene rings is 3. The summed E-state index contributed by atoms with van der Waals surface area (Å²) >= 11 is 6.23. The number of nitrogens with one attached hydrogen (secondary N) is 1. The van der Waals surface area contributed by atoms with Crippen molar-refractivity contribution in [1.82, 2.24) is 5.32 Å². The molecule has 4 rings (SSSR count). The summed E-state index contributed by atoms with van der Waals surface area (Å²) in [5.41, 5.74) is 1.72. The van der Waals surface area contributed by atoms with Gasteiger partial charge in [-0.05, 0) is 54.4 Å². The summed E-state index contributed by atoms with van der Waals surface area (Å²) in [6.07, 6.45) is 0. The molecule has 0 aliphatic carbocycles. The molecular formula is C23H21ClN2O5S. The molecule has 1 amide bonds. The Balaban J connectivity index is 1.57. The minimum atomic E-state index is -4.00. The van der Waals surface area contributed by atoms with Gasteiger partial charge in [-0.3, -0.25) is 9.10 Å². The number of hydrogen-bond acceptors (Lipinski definition) is 5. The van der Waals surface area contributed by atoms with Crippen LogP contribution in [0, 0.1) is 6.92 Å². The summed E-state index contributed by atoms with van der Waals surface area (Å²) in [7, 11) is -4.00. The smallest absolute Gasteiger partial charge is 0.264 e. The number of halogens is 1. The molecule has 0 atom stereocenters. The molecule has 3 aromatic carbocycles. The Morgan fingerprint density at radius 3 is 2.56 bits per heavy atom. The molecule has 166 valence electrons. The maximum Gasteiger partial charge on any atom is 0.264 e. The van der Waals surface area contributed by atoms with Gasteiger partial charge in [0.1, 0.15) is 6.54 Å². The largest absolute Gasteiger partial charge is 0.454 e. The third kappa shape index (κ3) is 4.51. The molecule has 0 saturated heterocycles. The predicted molar refractivity (Wildman–Crippen MR) is 122 cm³/mol. The molecule has 0 unspecified atom stereocenters. The van der Waals surface area contributed by atoms with Crippen LogP contribution in [0.5, 0.6) is 11.5 Å². The maximum absolute atomic E-state index is 13.4. The van der Waals surface area contributed by atoms with Crippen LogP contribution in [-0.4, -0.2) is 27.7 Å². The van der Waals surface area contributed by atoms with Crippen molar-refractivity contribution < 1.29 is 22.7 Å². The van der Waals surface area contributed by atoms with Crippen molar-refractivity contribution in [2.75, 3.05) is 17.6 Å². The highest BCUT2D eigenvalue weighted by molar-refractivity contribution is 7.92. The first-order valence-electron chi connectivity index (χ1n) is 9.84. The second-order valence-corrected chi connectivity index (χ2v) is 9.44. The highest BCUT2D eigenvalue weighted by Gasteiger charge is 2.28. The van der Waals surface area contributed by atoms with Crippen LogP contribution in [0.1, 0.15) is 11.1 Å². The molecule has 9 heteroatoms. The lowest BCUT2D eigenvalue weighted by molar-refractivity contribution is -0.119. The Labute approximate surface area is 191 Å². The first-order chi connectivity index (χ1) is 15.4. The van der Waals surface area contributed by atoms with Crippen molar-refractivity contribution in [3.63, 3.8) is 0 Å². The van der Waals surface area contributed by atoms with Crippen LogP contribution in [0.15, 0.2) is 71.6 Å². The lowest BCUT2D eigenvalue weighted by atomic mass is 10.2. The Morgan fingerprint density at radius 2 is 1.78 bits per heavy atom. The van der Waals surface area contributed by atoms with E-state index in [4.69, 9.17) is 21.1 Å².